The van der Waals surface area contributed by atoms with Gasteiger partial charge >= 0.3 is 0 Å². The van der Waals surface area contributed by atoms with Gasteiger partial charge in [0.05, 0.1) is 5.69 Å². The molecule has 0 aromatic carbocycles. The van der Waals surface area contributed by atoms with Gasteiger partial charge in [-0.15, -0.1) is 11.3 Å². The summed E-state index contributed by atoms with van der Waals surface area (Å²) >= 11 is 3.73. The zero-order valence-corrected chi connectivity index (χ0v) is 14.4. The molecule has 0 fully saturated rings. The smallest absolute Gasteiger partial charge is 0.185 e. The van der Waals surface area contributed by atoms with E-state index in [0.717, 1.165) is 25.9 Å². The highest BCUT2D eigenvalue weighted by molar-refractivity contribution is 7.15. The Kier molecular flexibility index (Phi) is 4.93. The highest BCUT2D eigenvalue weighted by atomic mass is 32.1. The van der Waals surface area contributed by atoms with Gasteiger partial charge in [-0.2, -0.15) is 0 Å². The lowest BCUT2D eigenvalue weighted by Crippen LogP contribution is -2.23. The minimum atomic E-state index is 0.524. The first-order valence-electron chi connectivity index (χ1n) is 7.74. The van der Waals surface area contributed by atoms with Crippen LogP contribution in [0.2, 0.25) is 0 Å². The predicted molar refractivity (Wildman–Crippen MR) is 92.8 cm³/mol. The summed E-state index contributed by atoms with van der Waals surface area (Å²) in [5.41, 5.74) is 1.33. The third-order valence-corrected chi connectivity index (χ3v) is 6.25. The third kappa shape index (κ3) is 3.47. The van der Waals surface area contributed by atoms with Gasteiger partial charge in [0.15, 0.2) is 5.13 Å². The summed E-state index contributed by atoms with van der Waals surface area (Å²) in [5.74, 6) is 0. The molecule has 0 amide bonds. The van der Waals surface area contributed by atoms with Gasteiger partial charge in [0, 0.05) is 29.4 Å². The van der Waals surface area contributed by atoms with Crippen molar-refractivity contribution in [2.75, 3.05) is 25.0 Å². The van der Waals surface area contributed by atoms with Crippen molar-refractivity contribution in [1.82, 2.24) is 10.3 Å². The zero-order chi connectivity index (χ0) is 14.7. The monoisotopic (exact) mass is 321 g/mol. The number of nitrogens with zero attached hydrogens (tertiary/aromatic N) is 2. The van der Waals surface area contributed by atoms with Crippen LogP contribution < -0.4 is 10.2 Å². The number of thiazole rings is 1. The number of anilines is 1. The molecule has 5 heteroatoms. The average Bonchev–Trinajstić information content (AvgIpc) is 3.14. The van der Waals surface area contributed by atoms with E-state index in [-0.39, 0.29) is 0 Å². The molecular formula is C16H23N3S2. The topological polar surface area (TPSA) is 28.2 Å². The number of fused-ring (bicyclic) bond motifs is 1. The maximum atomic E-state index is 4.89. The number of hydrogen-bond donors (Lipinski definition) is 1. The van der Waals surface area contributed by atoms with E-state index >= 15 is 0 Å². The van der Waals surface area contributed by atoms with Gasteiger partial charge < -0.3 is 10.2 Å². The molecule has 3 rings (SSSR count). The van der Waals surface area contributed by atoms with Crippen LogP contribution in [0.3, 0.4) is 0 Å². The van der Waals surface area contributed by atoms with Gasteiger partial charge in [0.25, 0.3) is 0 Å². The number of hydrogen-bond acceptors (Lipinski definition) is 5. The van der Waals surface area contributed by atoms with Crippen molar-refractivity contribution in [1.29, 1.82) is 0 Å². The summed E-state index contributed by atoms with van der Waals surface area (Å²) < 4.78 is 0. The minimum Gasteiger partial charge on any atom is -0.351 e. The quantitative estimate of drug-likeness (QED) is 0.875. The lowest BCUT2D eigenvalue weighted by molar-refractivity contribution is 0.476. The van der Waals surface area contributed by atoms with E-state index in [9.17, 15) is 0 Å². The molecule has 0 spiro atoms. The summed E-state index contributed by atoms with van der Waals surface area (Å²) in [6.07, 6.45) is 4.76. The van der Waals surface area contributed by atoms with Crippen LogP contribution in [0, 0.1) is 0 Å². The summed E-state index contributed by atoms with van der Waals surface area (Å²) in [6.45, 7) is 4.26. The van der Waals surface area contributed by atoms with Crippen molar-refractivity contribution in [3.63, 3.8) is 0 Å². The molecule has 0 bridgehead atoms. The Bertz CT molecular complexity index is 562. The Hall–Kier alpha value is -0.910. The highest BCUT2D eigenvalue weighted by Crippen LogP contribution is 2.37. The molecule has 0 saturated carbocycles. The fraction of sp³-hybridized carbons (Fsp3) is 0.562. The molecule has 1 unspecified atom stereocenters. The number of aromatic nitrogens is 1. The third-order valence-electron chi connectivity index (χ3n) is 3.99. The van der Waals surface area contributed by atoms with Crippen LogP contribution in [0.4, 0.5) is 5.13 Å². The molecule has 1 N–H and O–H groups in total. The van der Waals surface area contributed by atoms with Gasteiger partial charge in [-0.3, -0.25) is 0 Å². The molecule has 0 saturated heterocycles. The Morgan fingerprint density at radius 1 is 1.48 bits per heavy atom. The fourth-order valence-electron chi connectivity index (χ4n) is 2.84. The SMILES string of the molecule is CCNC1CCCc2nc(N(C)CCc3cccs3)sc21. The summed E-state index contributed by atoms with van der Waals surface area (Å²) in [6, 6.07) is 4.87. The van der Waals surface area contributed by atoms with Crippen molar-refractivity contribution in [2.24, 2.45) is 0 Å². The molecule has 114 valence electrons. The van der Waals surface area contributed by atoms with Crippen molar-refractivity contribution in [2.45, 2.75) is 38.6 Å². The summed E-state index contributed by atoms with van der Waals surface area (Å²) in [4.78, 5) is 10.1. The molecule has 2 aromatic rings. The van der Waals surface area contributed by atoms with E-state index < -0.39 is 0 Å². The fourth-order valence-corrected chi connectivity index (χ4v) is 4.75. The largest absolute Gasteiger partial charge is 0.351 e. The molecular weight excluding hydrogens is 298 g/mol. The van der Waals surface area contributed by atoms with Crippen molar-refractivity contribution in [3.8, 4) is 0 Å². The molecule has 2 aromatic heterocycles. The maximum absolute atomic E-state index is 4.89. The van der Waals surface area contributed by atoms with E-state index in [4.69, 9.17) is 4.98 Å². The normalized spacial score (nSPS) is 17.7. The van der Waals surface area contributed by atoms with E-state index in [1.165, 1.54) is 33.4 Å². The number of nitrogens with one attached hydrogen (secondary N) is 1. The van der Waals surface area contributed by atoms with Gasteiger partial charge in [0.2, 0.25) is 0 Å². The van der Waals surface area contributed by atoms with Crippen LogP contribution in [0.25, 0.3) is 0 Å². The molecule has 2 heterocycles. The second-order valence-corrected chi connectivity index (χ2v) is 7.60. The molecule has 0 aliphatic heterocycles. The van der Waals surface area contributed by atoms with Crippen LogP contribution in [0.15, 0.2) is 17.5 Å². The Morgan fingerprint density at radius 2 is 2.38 bits per heavy atom. The van der Waals surface area contributed by atoms with Crippen molar-refractivity contribution < 1.29 is 0 Å². The molecule has 1 atom stereocenters. The number of rotatable bonds is 6. The van der Waals surface area contributed by atoms with Gasteiger partial charge in [-0.25, -0.2) is 4.98 Å². The molecule has 21 heavy (non-hydrogen) atoms. The van der Waals surface area contributed by atoms with Crippen molar-refractivity contribution in [3.05, 3.63) is 33.0 Å². The molecule has 1 aliphatic rings. The second-order valence-electron chi connectivity index (χ2n) is 5.56. The van der Waals surface area contributed by atoms with Crippen molar-refractivity contribution >= 4 is 27.8 Å². The predicted octanol–water partition coefficient (Wildman–Crippen LogP) is 3.87. The number of aryl methyl sites for hydroxylation is 1. The standard InChI is InChI=1S/C16H23N3S2/c1-3-17-13-7-4-8-14-15(13)21-16(18-14)19(2)10-9-12-6-5-11-20-12/h5-6,11,13,17H,3-4,7-10H2,1-2H3. The van der Waals surface area contributed by atoms with E-state index in [1.807, 2.05) is 22.7 Å². The highest BCUT2D eigenvalue weighted by Gasteiger charge is 2.24. The molecule has 1 aliphatic carbocycles. The average molecular weight is 322 g/mol. The lowest BCUT2D eigenvalue weighted by Gasteiger charge is -2.21. The second kappa shape index (κ2) is 6.90. The van der Waals surface area contributed by atoms with Crippen LogP contribution in [0.5, 0.6) is 0 Å². The van der Waals surface area contributed by atoms with Crippen LogP contribution in [-0.4, -0.2) is 25.1 Å². The Morgan fingerprint density at radius 3 is 3.14 bits per heavy atom. The Balaban J connectivity index is 1.68. The van der Waals surface area contributed by atoms with Gasteiger partial charge in [-0.05, 0) is 43.7 Å². The van der Waals surface area contributed by atoms with E-state index in [2.05, 4.69) is 41.7 Å². The van der Waals surface area contributed by atoms with Crippen LogP contribution >= 0.6 is 22.7 Å². The van der Waals surface area contributed by atoms with E-state index in [1.54, 1.807) is 0 Å². The van der Waals surface area contributed by atoms with Gasteiger partial charge in [0.1, 0.15) is 0 Å². The first-order chi connectivity index (χ1) is 10.3. The molecule has 3 nitrogen and oxygen atoms in total. The lowest BCUT2D eigenvalue weighted by atomic mass is 9.98. The van der Waals surface area contributed by atoms with Gasteiger partial charge in [-0.1, -0.05) is 24.3 Å². The van der Waals surface area contributed by atoms with Crippen LogP contribution in [-0.2, 0) is 12.8 Å². The first kappa shape index (κ1) is 15.0. The maximum Gasteiger partial charge on any atom is 0.185 e. The first-order valence-corrected chi connectivity index (χ1v) is 9.44. The van der Waals surface area contributed by atoms with Crippen LogP contribution in [0.1, 0.15) is 41.3 Å². The number of likely N-dealkylation sites (N-methyl/N-ethyl adjacent to an activating group) is 1. The zero-order valence-electron chi connectivity index (χ0n) is 12.8. The number of thiophene rings is 1. The minimum absolute atomic E-state index is 0.524. The Labute approximate surface area is 135 Å². The summed E-state index contributed by atoms with van der Waals surface area (Å²) in [7, 11) is 2.17. The molecule has 0 radical (unpaired) electrons. The summed E-state index contributed by atoms with van der Waals surface area (Å²) in [5, 5.41) is 6.93. The van der Waals surface area contributed by atoms with E-state index in [0.29, 0.717) is 6.04 Å².